The number of imidazole rings is 1. The first-order valence-electron chi connectivity index (χ1n) is 13.9. The fourth-order valence-electron chi connectivity index (χ4n) is 7.14. The van der Waals surface area contributed by atoms with E-state index in [0.29, 0.717) is 17.6 Å². The van der Waals surface area contributed by atoms with E-state index in [4.69, 9.17) is 4.98 Å². The molecule has 0 bridgehead atoms. The molecule has 4 heterocycles. The summed E-state index contributed by atoms with van der Waals surface area (Å²) < 4.78 is 31.9. The number of H-pyrrole nitrogens is 1. The largest absolute Gasteiger partial charge is 0.465 e. The maximum atomic E-state index is 15.6. The number of benzene rings is 1. The normalized spacial score (nSPS) is 24.8. The molecule has 6 rings (SSSR count). The number of amides is 1. The van der Waals surface area contributed by atoms with E-state index in [9.17, 15) is 19.1 Å². The Morgan fingerprint density at radius 2 is 1.83 bits per heavy atom. The van der Waals surface area contributed by atoms with Crippen LogP contribution in [0.2, 0.25) is 0 Å². The third-order valence-corrected chi connectivity index (χ3v) is 8.75. The maximum absolute atomic E-state index is 15.6. The molecule has 1 aliphatic carbocycles. The standard InChI is InChI=1S/C30H32F2N6O3/c1-36(2)27-23(37-21-13-7-15-34-28(21)35-29(37)39)16-22(18-10-4-3-8-17-9-6-14-33-25(17)18)38(30(40)41)26(27)19-11-5-12-20(31)24(19)32/h5-7,9,11-15,18,22-23,26-27H,3-4,8,10,16H2,1-2H3,(H,40,41)(H,34,35,39)/t18?,22?,23?,26-,27-/m0/s1. The highest BCUT2D eigenvalue weighted by atomic mass is 19.2. The number of halogens is 2. The van der Waals surface area contributed by atoms with Crippen LogP contribution in [0.4, 0.5) is 13.6 Å². The van der Waals surface area contributed by atoms with E-state index in [1.807, 2.05) is 12.1 Å². The summed E-state index contributed by atoms with van der Waals surface area (Å²) in [6.45, 7) is 0. The lowest BCUT2D eigenvalue weighted by Gasteiger charge is -2.53. The first-order valence-corrected chi connectivity index (χ1v) is 13.9. The number of hydrogen-bond acceptors (Lipinski definition) is 5. The van der Waals surface area contributed by atoms with Gasteiger partial charge < -0.3 is 10.0 Å². The Morgan fingerprint density at radius 3 is 2.61 bits per heavy atom. The molecule has 0 spiro atoms. The van der Waals surface area contributed by atoms with Gasteiger partial charge in [0, 0.05) is 35.6 Å². The number of rotatable bonds is 4. The van der Waals surface area contributed by atoms with Gasteiger partial charge in [-0.3, -0.25) is 19.4 Å². The number of nitrogens with zero attached hydrogens (tertiary/aromatic N) is 5. The molecular weight excluding hydrogens is 530 g/mol. The highest BCUT2D eigenvalue weighted by Gasteiger charge is 2.52. The summed E-state index contributed by atoms with van der Waals surface area (Å²) in [5.74, 6) is -2.45. The lowest BCUT2D eigenvalue weighted by molar-refractivity contribution is -0.0144. The van der Waals surface area contributed by atoms with Gasteiger partial charge in [-0.05, 0) is 69.6 Å². The van der Waals surface area contributed by atoms with Crippen LogP contribution < -0.4 is 5.69 Å². The van der Waals surface area contributed by atoms with Crippen LogP contribution >= 0.6 is 0 Å². The topological polar surface area (TPSA) is 107 Å². The van der Waals surface area contributed by atoms with Gasteiger partial charge in [-0.2, -0.15) is 0 Å². The second kappa shape index (κ2) is 10.7. The van der Waals surface area contributed by atoms with Gasteiger partial charge in [0.25, 0.3) is 0 Å². The Bertz CT molecular complexity index is 1650. The molecule has 3 unspecified atom stereocenters. The Kier molecular flexibility index (Phi) is 7.06. The lowest BCUT2D eigenvalue weighted by Crippen LogP contribution is -2.60. The lowest BCUT2D eigenvalue weighted by atomic mass is 9.76. The van der Waals surface area contributed by atoms with Crippen molar-refractivity contribution in [2.24, 2.45) is 0 Å². The molecule has 4 aromatic rings. The molecule has 1 amide bonds. The summed E-state index contributed by atoms with van der Waals surface area (Å²) in [5, 5.41) is 10.8. The second-order valence-electron chi connectivity index (χ2n) is 11.2. The number of likely N-dealkylation sites (N-methyl/N-ethyl adjacent to an activating group) is 1. The zero-order chi connectivity index (χ0) is 28.8. The molecule has 41 heavy (non-hydrogen) atoms. The highest BCUT2D eigenvalue weighted by Crippen LogP contribution is 2.48. The molecular formula is C30H32F2N6O3. The molecule has 3 aromatic heterocycles. The van der Waals surface area contributed by atoms with E-state index < -0.39 is 47.6 Å². The molecule has 0 radical (unpaired) electrons. The molecule has 1 aromatic carbocycles. The Balaban J connectivity index is 1.62. The molecule has 1 aliphatic heterocycles. The van der Waals surface area contributed by atoms with E-state index in [0.717, 1.165) is 36.6 Å². The van der Waals surface area contributed by atoms with Crippen molar-refractivity contribution in [3.05, 3.63) is 93.8 Å². The third kappa shape index (κ3) is 4.57. The van der Waals surface area contributed by atoms with Gasteiger partial charge in [-0.1, -0.05) is 24.6 Å². The first kappa shape index (κ1) is 27.1. The molecule has 9 nitrogen and oxygen atoms in total. The predicted molar refractivity (Wildman–Crippen MR) is 149 cm³/mol. The Morgan fingerprint density at radius 1 is 1.05 bits per heavy atom. The number of carbonyl (C=O) groups is 1. The molecule has 11 heteroatoms. The summed E-state index contributed by atoms with van der Waals surface area (Å²) in [6, 6.07) is 8.17. The Hall–Kier alpha value is -4.12. The smallest absolute Gasteiger partial charge is 0.408 e. The minimum atomic E-state index is -1.23. The quantitative estimate of drug-likeness (QED) is 0.344. The zero-order valence-electron chi connectivity index (χ0n) is 22.9. The molecule has 2 aliphatic rings. The van der Waals surface area contributed by atoms with Gasteiger partial charge in [0.15, 0.2) is 17.3 Å². The summed E-state index contributed by atoms with van der Waals surface area (Å²) in [6.07, 6.45) is 5.65. The average Bonchev–Trinajstić information content (AvgIpc) is 3.13. The van der Waals surface area contributed by atoms with Crippen molar-refractivity contribution in [1.29, 1.82) is 0 Å². The molecule has 0 saturated carbocycles. The molecule has 5 atom stereocenters. The number of pyridine rings is 2. The van der Waals surface area contributed by atoms with Crippen molar-refractivity contribution in [2.45, 2.75) is 62.2 Å². The highest BCUT2D eigenvalue weighted by molar-refractivity contribution is 5.71. The number of piperidine rings is 1. The molecule has 214 valence electrons. The van der Waals surface area contributed by atoms with Crippen molar-refractivity contribution >= 4 is 17.3 Å². The van der Waals surface area contributed by atoms with E-state index in [1.54, 1.807) is 48.1 Å². The fourth-order valence-corrected chi connectivity index (χ4v) is 7.14. The van der Waals surface area contributed by atoms with Gasteiger partial charge in [-0.15, -0.1) is 0 Å². The second-order valence-corrected chi connectivity index (χ2v) is 11.2. The van der Waals surface area contributed by atoms with E-state index in [-0.39, 0.29) is 17.9 Å². The van der Waals surface area contributed by atoms with E-state index in [1.165, 1.54) is 17.0 Å². The monoisotopic (exact) mass is 562 g/mol. The number of aryl methyl sites for hydroxylation is 1. The zero-order valence-corrected chi connectivity index (χ0v) is 22.9. The molecule has 1 saturated heterocycles. The Labute approximate surface area is 235 Å². The van der Waals surface area contributed by atoms with Crippen LogP contribution in [0.1, 0.15) is 60.5 Å². The van der Waals surface area contributed by atoms with E-state index >= 15 is 4.39 Å². The minimum absolute atomic E-state index is 0.0679. The van der Waals surface area contributed by atoms with Crippen LogP contribution in [-0.2, 0) is 6.42 Å². The maximum Gasteiger partial charge on any atom is 0.408 e. The summed E-state index contributed by atoms with van der Waals surface area (Å²) in [4.78, 5) is 41.6. The number of nitrogens with one attached hydrogen (secondary N) is 1. The van der Waals surface area contributed by atoms with Crippen molar-refractivity contribution in [1.82, 2.24) is 29.3 Å². The number of hydrogen-bond donors (Lipinski definition) is 2. The van der Waals surface area contributed by atoms with Crippen LogP contribution in [0.25, 0.3) is 11.2 Å². The minimum Gasteiger partial charge on any atom is -0.465 e. The van der Waals surface area contributed by atoms with Crippen LogP contribution in [0.3, 0.4) is 0 Å². The van der Waals surface area contributed by atoms with Gasteiger partial charge in [-0.25, -0.2) is 23.4 Å². The van der Waals surface area contributed by atoms with Gasteiger partial charge in [0.05, 0.1) is 23.6 Å². The number of aromatic amines is 1. The number of carboxylic acid groups (broad SMARTS) is 1. The summed E-state index contributed by atoms with van der Waals surface area (Å²) in [7, 11) is 3.53. The van der Waals surface area contributed by atoms with Crippen molar-refractivity contribution in [3.8, 4) is 0 Å². The van der Waals surface area contributed by atoms with Gasteiger partial charge in [0.1, 0.15) is 0 Å². The number of aromatic nitrogens is 4. The van der Waals surface area contributed by atoms with E-state index in [2.05, 4.69) is 9.97 Å². The van der Waals surface area contributed by atoms with Crippen LogP contribution in [0.5, 0.6) is 0 Å². The fraction of sp³-hybridized carbons (Fsp3) is 0.400. The molecule has 1 fully saturated rings. The van der Waals surface area contributed by atoms with Crippen molar-refractivity contribution in [3.63, 3.8) is 0 Å². The van der Waals surface area contributed by atoms with Crippen LogP contribution in [0.15, 0.2) is 59.7 Å². The first-order chi connectivity index (χ1) is 19.8. The van der Waals surface area contributed by atoms with Crippen molar-refractivity contribution < 1.29 is 18.7 Å². The third-order valence-electron chi connectivity index (χ3n) is 8.75. The van der Waals surface area contributed by atoms with Crippen molar-refractivity contribution in [2.75, 3.05) is 14.1 Å². The van der Waals surface area contributed by atoms with Crippen LogP contribution in [0, 0.1) is 11.6 Å². The average molecular weight is 563 g/mol. The SMILES string of the molecule is CN(C)[C@H]1C(n2c(=O)[nH]c3ncccc32)CC(C2CCCCc3cccnc32)N(C(=O)O)[C@H]1c1cccc(F)c1F. The summed E-state index contributed by atoms with van der Waals surface area (Å²) >= 11 is 0. The van der Waals surface area contributed by atoms with Gasteiger partial charge >= 0.3 is 11.8 Å². The van der Waals surface area contributed by atoms with Gasteiger partial charge in [0.2, 0.25) is 0 Å². The van der Waals surface area contributed by atoms with Crippen LogP contribution in [-0.4, -0.2) is 66.7 Å². The number of likely N-dealkylation sites (tertiary alicyclic amines) is 1. The molecule has 2 N–H and O–H groups in total. The predicted octanol–water partition coefficient (Wildman–Crippen LogP) is 4.87. The number of fused-ring (bicyclic) bond motifs is 2. The summed E-state index contributed by atoms with van der Waals surface area (Å²) in [5.41, 5.74) is 2.40.